The van der Waals surface area contributed by atoms with Crippen molar-refractivity contribution in [3.8, 4) is 0 Å². The molecule has 2 N–H and O–H groups in total. The number of carbonyl (C=O) groups excluding carboxylic acids is 2. The van der Waals surface area contributed by atoms with Crippen molar-refractivity contribution in [2.24, 2.45) is 0 Å². The SMILES string of the molecule is CN(C)C(=O)C[C@H](NC(=O)Nc1nccs1)c1ccccc1. The van der Waals surface area contributed by atoms with Crippen LogP contribution in [0.2, 0.25) is 0 Å². The lowest BCUT2D eigenvalue weighted by Crippen LogP contribution is -2.35. The molecule has 6 nitrogen and oxygen atoms in total. The molecule has 3 amide bonds. The molecule has 2 aromatic rings. The van der Waals surface area contributed by atoms with Gasteiger partial charge in [0.25, 0.3) is 0 Å². The highest BCUT2D eigenvalue weighted by molar-refractivity contribution is 7.13. The number of thiazole rings is 1. The highest BCUT2D eigenvalue weighted by atomic mass is 32.1. The van der Waals surface area contributed by atoms with E-state index >= 15 is 0 Å². The number of nitrogens with zero attached hydrogens (tertiary/aromatic N) is 2. The Bertz CT molecular complexity index is 614. The Hall–Kier alpha value is -2.41. The predicted octanol–water partition coefficient (Wildman–Crippen LogP) is 2.48. The van der Waals surface area contributed by atoms with Gasteiger partial charge in [-0.15, -0.1) is 11.3 Å². The second kappa shape index (κ2) is 7.56. The van der Waals surface area contributed by atoms with E-state index in [1.807, 2.05) is 30.3 Å². The minimum atomic E-state index is -0.393. The van der Waals surface area contributed by atoms with Crippen LogP contribution in [0.5, 0.6) is 0 Å². The van der Waals surface area contributed by atoms with Crippen LogP contribution in [-0.4, -0.2) is 35.9 Å². The zero-order chi connectivity index (χ0) is 15.9. The molecule has 0 aliphatic rings. The Morgan fingerprint density at radius 2 is 2.00 bits per heavy atom. The largest absolute Gasteiger partial charge is 0.349 e. The van der Waals surface area contributed by atoms with Crippen molar-refractivity contribution in [3.63, 3.8) is 0 Å². The van der Waals surface area contributed by atoms with Gasteiger partial charge in [-0.05, 0) is 5.56 Å². The van der Waals surface area contributed by atoms with E-state index in [9.17, 15) is 9.59 Å². The molecule has 1 atom stereocenters. The maximum atomic E-state index is 12.1. The first-order valence-corrected chi connectivity index (χ1v) is 7.66. The summed E-state index contributed by atoms with van der Waals surface area (Å²) in [7, 11) is 3.39. The Labute approximate surface area is 133 Å². The van der Waals surface area contributed by atoms with Gasteiger partial charge in [0.2, 0.25) is 5.91 Å². The topological polar surface area (TPSA) is 74.3 Å². The number of rotatable bonds is 5. The molecule has 2 rings (SSSR count). The van der Waals surface area contributed by atoms with Gasteiger partial charge in [0, 0.05) is 25.7 Å². The molecular formula is C15H18N4O2S. The fraction of sp³-hybridized carbons (Fsp3) is 0.267. The summed E-state index contributed by atoms with van der Waals surface area (Å²) < 4.78 is 0. The van der Waals surface area contributed by atoms with Crippen molar-refractivity contribution >= 4 is 28.4 Å². The second-order valence-electron chi connectivity index (χ2n) is 4.89. The number of benzene rings is 1. The maximum absolute atomic E-state index is 12.1. The maximum Gasteiger partial charge on any atom is 0.321 e. The van der Waals surface area contributed by atoms with Gasteiger partial charge in [0.15, 0.2) is 5.13 Å². The molecule has 1 heterocycles. The third-order valence-corrected chi connectivity index (χ3v) is 3.73. The van der Waals surface area contributed by atoms with Crippen LogP contribution in [0.3, 0.4) is 0 Å². The van der Waals surface area contributed by atoms with Gasteiger partial charge in [0.05, 0.1) is 12.5 Å². The van der Waals surface area contributed by atoms with Crippen LogP contribution in [0.15, 0.2) is 41.9 Å². The Morgan fingerprint density at radius 1 is 1.27 bits per heavy atom. The van der Waals surface area contributed by atoms with Crippen molar-refractivity contribution < 1.29 is 9.59 Å². The number of hydrogen-bond acceptors (Lipinski definition) is 4. The number of nitrogens with one attached hydrogen (secondary N) is 2. The fourth-order valence-corrected chi connectivity index (χ4v) is 2.40. The number of carbonyl (C=O) groups is 2. The van der Waals surface area contributed by atoms with E-state index in [2.05, 4.69) is 15.6 Å². The molecule has 116 valence electrons. The smallest absolute Gasteiger partial charge is 0.321 e. The molecule has 0 spiro atoms. The molecule has 1 aromatic heterocycles. The van der Waals surface area contributed by atoms with E-state index in [-0.39, 0.29) is 18.4 Å². The summed E-state index contributed by atoms with van der Waals surface area (Å²) in [5.41, 5.74) is 0.881. The monoisotopic (exact) mass is 318 g/mol. The van der Waals surface area contributed by atoms with E-state index in [1.165, 1.54) is 16.2 Å². The number of hydrogen-bond donors (Lipinski definition) is 2. The van der Waals surface area contributed by atoms with E-state index in [4.69, 9.17) is 0 Å². The molecule has 22 heavy (non-hydrogen) atoms. The van der Waals surface area contributed by atoms with Crippen molar-refractivity contribution in [2.45, 2.75) is 12.5 Å². The lowest BCUT2D eigenvalue weighted by Gasteiger charge is -2.20. The van der Waals surface area contributed by atoms with E-state index in [0.29, 0.717) is 5.13 Å². The highest BCUT2D eigenvalue weighted by Gasteiger charge is 2.19. The third kappa shape index (κ3) is 4.56. The van der Waals surface area contributed by atoms with Gasteiger partial charge in [-0.2, -0.15) is 0 Å². The Morgan fingerprint density at radius 3 is 2.59 bits per heavy atom. The van der Waals surface area contributed by atoms with Crippen LogP contribution in [0.1, 0.15) is 18.0 Å². The highest BCUT2D eigenvalue weighted by Crippen LogP contribution is 2.18. The molecule has 0 unspecified atom stereocenters. The minimum Gasteiger partial charge on any atom is -0.349 e. The van der Waals surface area contributed by atoms with Gasteiger partial charge < -0.3 is 10.2 Å². The van der Waals surface area contributed by atoms with Crippen molar-refractivity contribution in [2.75, 3.05) is 19.4 Å². The average Bonchev–Trinajstić information content (AvgIpc) is 3.00. The van der Waals surface area contributed by atoms with Crippen LogP contribution in [0, 0.1) is 0 Å². The van der Waals surface area contributed by atoms with E-state index in [0.717, 1.165) is 5.56 Å². The second-order valence-corrected chi connectivity index (χ2v) is 5.79. The van der Waals surface area contributed by atoms with E-state index < -0.39 is 6.04 Å². The molecule has 1 aromatic carbocycles. The molecule has 0 aliphatic carbocycles. The molecule has 7 heteroatoms. The lowest BCUT2D eigenvalue weighted by molar-refractivity contribution is -0.129. The molecule has 0 fully saturated rings. The van der Waals surface area contributed by atoms with Gasteiger partial charge in [-0.3, -0.25) is 10.1 Å². The summed E-state index contributed by atoms with van der Waals surface area (Å²) in [6, 6.07) is 8.65. The summed E-state index contributed by atoms with van der Waals surface area (Å²) >= 11 is 1.33. The van der Waals surface area contributed by atoms with Crippen LogP contribution >= 0.6 is 11.3 Å². The van der Waals surface area contributed by atoms with Gasteiger partial charge in [-0.1, -0.05) is 30.3 Å². The van der Waals surface area contributed by atoms with Gasteiger partial charge in [-0.25, -0.2) is 9.78 Å². The number of urea groups is 1. The normalized spacial score (nSPS) is 11.5. The summed E-state index contributed by atoms with van der Waals surface area (Å²) in [5.74, 6) is -0.0524. The van der Waals surface area contributed by atoms with Crippen molar-refractivity contribution in [1.82, 2.24) is 15.2 Å². The van der Waals surface area contributed by atoms with E-state index in [1.54, 1.807) is 25.7 Å². The Balaban J connectivity index is 2.07. The summed E-state index contributed by atoms with van der Waals surface area (Å²) in [6.45, 7) is 0. The molecule has 0 saturated carbocycles. The van der Waals surface area contributed by atoms with Crippen LogP contribution < -0.4 is 10.6 Å². The average molecular weight is 318 g/mol. The molecule has 0 saturated heterocycles. The summed E-state index contributed by atoms with van der Waals surface area (Å²) in [5, 5.41) is 7.78. The first-order valence-electron chi connectivity index (χ1n) is 6.78. The summed E-state index contributed by atoms with van der Waals surface area (Å²) in [6.07, 6.45) is 1.81. The van der Waals surface area contributed by atoms with Gasteiger partial charge in [0.1, 0.15) is 0 Å². The summed E-state index contributed by atoms with van der Waals surface area (Å²) in [4.78, 5) is 29.5. The van der Waals surface area contributed by atoms with Crippen molar-refractivity contribution in [3.05, 3.63) is 47.5 Å². The van der Waals surface area contributed by atoms with Crippen molar-refractivity contribution in [1.29, 1.82) is 0 Å². The third-order valence-electron chi connectivity index (χ3n) is 3.04. The standard InChI is InChI=1S/C15H18N4O2S/c1-19(2)13(20)10-12(11-6-4-3-5-7-11)17-14(21)18-15-16-8-9-22-15/h3-9,12H,10H2,1-2H3,(H2,16,17,18,21)/t12-/m0/s1. The first kappa shape index (κ1) is 16.0. The lowest BCUT2D eigenvalue weighted by atomic mass is 10.0. The Kier molecular flexibility index (Phi) is 5.48. The fourth-order valence-electron chi connectivity index (χ4n) is 1.87. The first-order chi connectivity index (χ1) is 10.6. The quantitative estimate of drug-likeness (QED) is 0.889. The van der Waals surface area contributed by atoms with Gasteiger partial charge >= 0.3 is 6.03 Å². The number of amides is 3. The molecule has 0 radical (unpaired) electrons. The number of anilines is 1. The molecular weight excluding hydrogens is 300 g/mol. The van der Waals surface area contributed by atoms with Crippen LogP contribution in [-0.2, 0) is 4.79 Å². The minimum absolute atomic E-state index is 0.0524. The molecule has 0 bridgehead atoms. The number of aromatic nitrogens is 1. The van der Waals surface area contributed by atoms with Crippen LogP contribution in [0.4, 0.5) is 9.93 Å². The zero-order valence-electron chi connectivity index (χ0n) is 12.4. The van der Waals surface area contributed by atoms with Crippen LogP contribution in [0.25, 0.3) is 0 Å². The zero-order valence-corrected chi connectivity index (χ0v) is 13.3. The molecule has 0 aliphatic heterocycles. The predicted molar refractivity (Wildman–Crippen MR) is 86.8 cm³/mol.